The third-order valence-electron chi connectivity index (χ3n) is 5.50. The highest BCUT2D eigenvalue weighted by Crippen LogP contribution is 2.31. The molecule has 1 N–H and O–H groups in total. The first-order valence-electron chi connectivity index (χ1n) is 9.75. The molecule has 1 aromatic carbocycles. The van der Waals surface area contributed by atoms with Crippen LogP contribution < -0.4 is 5.32 Å². The number of carbonyl (C=O) groups is 1. The highest BCUT2D eigenvalue weighted by atomic mass is 32.1. The maximum atomic E-state index is 12.8. The Morgan fingerprint density at radius 1 is 1.15 bits per heavy atom. The van der Waals surface area contributed by atoms with Crippen molar-refractivity contribution in [2.45, 2.75) is 31.7 Å². The summed E-state index contributed by atoms with van der Waals surface area (Å²) in [5.74, 6) is 1.96. The number of para-hydroxylation sites is 1. The molecule has 0 unspecified atom stereocenters. The van der Waals surface area contributed by atoms with Gasteiger partial charge in [0.15, 0.2) is 16.5 Å². The van der Waals surface area contributed by atoms with Crippen molar-refractivity contribution < 1.29 is 9.21 Å². The van der Waals surface area contributed by atoms with Crippen LogP contribution in [0.2, 0.25) is 0 Å². The molecule has 27 heavy (non-hydrogen) atoms. The highest BCUT2D eigenvalue weighted by Gasteiger charge is 2.27. The minimum Gasteiger partial charge on any atom is -0.448 e. The van der Waals surface area contributed by atoms with Gasteiger partial charge in [-0.2, -0.15) is 0 Å². The molecular formula is C21H23N3O2S. The number of amides is 1. The van der Waals surface area contributed by atoms with Crippen LogP contribution >= 0.6 is 11.3 Å². The molecule has 0 radical (unpaired) electrons. The number of fused-ring (bicyclic) bond motifs is 1. The molecule has 5 rings (SSSR count). The second-order valence-corrected chi connectivity index (χ2v) is 8.60. The normalized spacial score (nSPS) is 18.3. The Labute approximate surface area is 162 Å². The Morgan fingerprint density at radius 2 is 1.96 bits per heavy atom. The average molecular weight is 382 g/mol. The summed E-state index contributed by atoms with van der Waals surface area (Å²) < 4.78 is 6.99. The summed E-state index contributed by atoms with van der Waals surface area (Å²) >= 11 is 1.59. The Hall–Kier alpha value is -2.18. The number of nitrogens with one attached hydrogen (secondary N) is 1. The third-order valence-corrected chi connectivity index (χ3v) is 6.55. The van der Waals surface area contributed by atoms with Crippen LogP contribution in [0.5, 0.6) is 0 Å². The molecule has 3 aromatic rings. The molecule has 140 valence electrons. The SMILES string of the molecule is O=C(c1ccc(-c2nc3ccccc3s2)o1)N1CCC(NCC2CC2)CC1. The molecule has 5 nitrogen and oxygen atoms in total. The maximum absolute atomic E-state index is 12.8. The molecule has 0 atom stereocenters. The Morgan fingerprint density at radius 3 is 2.74 bits per heavy atom. The monoisotopic (exact) mass is 381 g/mol. The predicted molar refractivity (Wildman–Crippen MR) is 107 cm³/mol. The molecular weight excluding hydrogens is 358 g/mol. The molecule has 1 amide bonds. The lowest BCUT2D eigenvalue weighted by Crippen LogP contribution is -2.45. The van der Waals surface area contributed by atoms with E-state index in [-0.39, 0.29) is 5.91 Å². The first-order chi connectivity index (χ1) is 13.3. The molecule has 2 aliphatic rings. The van der Waals surface area contributed by atoms with Crippen LogP contribution in [0, 0.1) is 5.92 Å². The van der Waals surface area contributed by atoms with E-state index in [4.69, 9.17) is 4.42 Å². The lowest BCUT2D eigenvalue weighted by Gasteiger charge is -2.32. The second-order valence-electron chi connectivity index (χ2n) is 7.57. The van der Waals surface area contributed by atoms with Crippen molar-refractivity contribution in [3.05, 3.63) is 42.2 Å². The van der Waals surface area contributed by atoms with Crippen LogP contribution in [-0.2, 0) is 0 Å². The molecule has 1 aliphatic carbocycles. The van der Waals surface area contributed by atoms with Gasteiger partial charge in [0.25, 0.3) is 5.91 Å². The van der Waals surface area contributed by atoms with Gasteiger partial charge in [-0.3, -0.25) is 4.79 Å². The van der Waals surface area contributed by atoms with Gasteiger partial charge in [-0.25, -0.2) is 4.98 Å². The zero-order valence-corrected chi connectivity index (χ0v) is 16.0. The minimum absolute atomic E-state index is 0.0111. The van der Waals surface area contributed by atoms with Crippen LogP contribution in [0.3, 0.4) is 0 Å². The van der Waals surface area contributed by atoms with Crippen molar-refractivity contribution in [3.63, 3.8) is 0 Å². The van der Waals surface area contributed by atoms with E-state index in [1.54, 1.807) is 17.4 Å². The van der Waals surface area contributed by atoms with Gasteiger partial charge in [0.05, 0.1) is 10.2 Å². The number of aromatic nitrogens is 1. The van der Waals surface area contributed by atoms with Gasteiger partial charge in [0, 0.05) is 19.1 Å². The molecule has 2 fully saturated rings. The highest BCUT2D eigenvalue weighted by molar-refractivity contribution is 7.21. The summed E-state index contributed by atoms with van der Waals surface area (Å²) in [7, 11) is 0. The zero-order chi connectivity index (χ0) is 18.2. The minimum atomic E-state index is -0.0111. The lowest BCUT2D eigenvalue weighted by molar-refractivity contribution is 0.0674. The number of nitrogens with zero attached hydrogens (tertiary/aromatic N) is 2. The zero-order valence-electron chi connectivity index (χ0n) is 15.2. The van der Waals surface area contributed by atoms with E-state index in [2.05, 4.69) is 10.3 Å². The van der Waals surface area contributed by atoms with Crippen LogP contribution in [0.25, 0.3) is 21.0 Å². The van der Waals surface area contributed by atoms with E-state index in [9.17, 15) is 4.79 Å². The Bertz CT molecular complexity index is 918. The van der Waals surface area contributed by atoms with Crippen molar-refractivity contribution in [2.24, 2.45) is 5.92 Å². The summed E-state index contributed by atoms with van der Waals surface area (Å²) in [4.78, 5) is 19.3. The van der Waals surface area contributed by atoms with E-state index in [0.717, 1.165) is 53.6 Å². The van der Waals surface area contributed by atoms with Crippen molar-refractivity contribution in [1.29, 1.82) is 0 Å². The lowest BCUT2D eigenvalue weighted by atomic mass is 10.0. The number of likely N-dealkylation sites (tertiary alicyclic amines) is 1. The van der Waals surface area contributed by atoms with Gasteiger partial charge in [-0.05, 0) is 62.4 Å². The summed E-state index contributed by atoms with van der Waals surface area (Å²) in [6.07, 6.45) is 4.79. The van der Waals surface area contributed by atoms with E-state index >= 15 is 0 Å². The van der Waals surface area contributed by atoms with E-state index in [0.29, 0.717) is 17.6 Å². The first kappa shape index (κ1) is 17.0. The van der Waals surface area contributed by atoms with Gasteiger partial charge >= 0.3 is 0 Å². The Balaban J connectivity index is 1.23. The number of furan rings is 1. The van der Waals surface area contributed by atoms with Crippen LogP contribution in [0.4, 0.5) is 0 Å². The molecule has 2 aromatic heterocycles. The Kier molecular flexibility index (Phi) is 4.45. The fourth-order valence-electron chi connectivity index (χ4n) is 3.64. The third kappa shape index (κ3) is 3.64. The summed E-state index contributed by atoms with van der Waals surface area (Å²) in [5, 5.41) is 4.47. The number of benzene rings is 1. The standard InChI is InChI=1S/C21H23N3O2S/c25-21(24-11-9-15(10-12-24)22-13-14-5-6-14)18-8-7-17(26-18)20-23-16-3-1-2-4-19(16)27-20/h1-4,7-8,14-15,22H,5-6,9-13H2. The van der Waals surface area contributed by atoms with Crippen molar-refractivity contribution >= 4 is 27.5 Å². The van der Waals surface area contributed by atoms with Crippen LogP contribution in [0.15, 0.2) is 40.8 Å². The van der Waals surface area contributed by atoms with Gasteiger partial charge < -0.3 is 14.6 Å². The molecule has 0 bridgehead atoms. The fraction of sp³-hybridized carbons (Fsp3) is 0.429. The fourth-order valence-corrected chi connectivity index (χ4v) is 4.57. The van der Waals surface area contributed by atoms with Gasteiger partial charge in [-0.15, -0.1) is 11.3 Å². The molecule has 1 saturated heterocycles. The van der Waals surface area contributed by atoms with Crippen molar-refractivity contribution in [3.8, 4) is 10.8 Å². The van der Waals surface area contributed by atoms with Crippen LogP contribution in [-0.4, -0.2) is 41.5 Å². The van der Waals surface area contributed by atoms with Gasteiger partial charge in [0.2, 0.25) is 0 Å². The molecule has 3 heterocycles. The number of thiazole rings is 1. The number of hydrogen-bond acceptors (Lipinski definition) is 5. The van der Waals surface area contributed by atoms with Gasteiger partial charge in [0.1, 0.15) is 0 Å². The summed E-state index contributed by atoms with van der Waals surface area (Å²) in [6.45, 7) is 2.72. The summed E-state index contributed by atoms with van der Waals surface area (Å²) in [6, 6.07) is 12.2. The quantitative estimate of drug-likeness (QED) is 0.721. The number of rotatable bonds is 5. The molecule has 6 heteroatoms. The molecule has 1 aliphatic heterocycles. The number of piperidine rings is 1. The number of carbonyl (C=O) groups excluding carboxylic acids is 1. The van der Waals surface area contributed by atoms with Crippen LogP contribution in [0.1, 0.15) is 36.2 Å². The predicted octanol–water partition coefficient (Wildman–Crippen LogP) is 4.16. The topological polar surface area (TPSA) is 58.4 Å². The summed E-state index contributed by atoms with van der Waals surface area (Å²) in [5.41, 5.74) is 0.961. The van der Waals surface area contributed by atoms with Gasteiger partial charge in [-0.1, -0.05) is 12.1 Å². The molecule has 0 spiro atoms. The van der Waals surface area contributed by atoms with E-state index in [1.165, 1.54) is 12.8 Å². The molecule has 1 saturated carbocycles. The number of hydrogen-bond donors (Lipinski definition) is 1. The van der Waals surface area contributed by atoms with E-state index in [1.807, 2.05) is 35.2 Å². The second kappa shape index (κ2) is 7.09. The first-order valence-corrected chi connectivity index (χ1v) is 10.6. The maximum Gasteiger partial charge on any atom is 0.289 e. The largest absolute Gasteiger partial charge is 0.448 e. The average Bonchev–Trinajstić information content (AvgIpc) is 3.23. The van der Waals surface area contributed by atoms with Crippen molar-refractivity contribution in [2.75, 3.05) is 19.6 Å². The van der Waals surface area contributed by atoms with E-state index < -0.39 is 0 Å². The van der Waals surface area contributed by atoms with Crippen molar-refractivity contribution in [1.82, 2.24) is 15.2 Å². The smallest absolute Gasteiger partial charge is 0.289 e.